The number of hydrogen-bond acceptors (Lipinski definition) is 1. The lowest BCUT2D eigenvalue weighted by molar-refractivity contribution is -0.137. The van der Waals surface area contributed by atoms with E-state index in [1.54, 1.807) is 0 Å². The number of rotatable bonds is 8. The Balaban J connectivity index is 3.15. The molecule has 0 aliphatic heterocycles. The van der Waals surface area contributed by atoms with Gasteiger partial charge in [0, 0.05) is 12.8 Å². The molecule has 0 saturated heterocycles. The number of aliphatic carboxylic acids is 1. The van der Waals surface area contributed by atoms with Crippen LogP contribution in [0.25, 0.3) is 0 Å². The molecule has 1 N–H and O–H groups in total. The summed E-state index contributed by atoms with van der Waals surface area (Å²) in [4.78, 5) is 10.2. The molecule has 0 fully saturated rings. The SMILES string of the molecule is CCC#CC=CCCCCCCCC(=O)O. The van der Waals surface area contributed by atoms with Crippen molar-refractivity contribution in [3.8, 4) is 11.8 Å². The molecule has 2 heteroatoms. The summed E-state index contributed by atoms with van der Waals surface area (Å²) >= 11 is 0. The highest BCUT2D eigenvalue weighted by atomic mass is 16.4. The molecule has 0 saturated carbocycles. The van der Waals surface area contributed by atoms with Crippen LogP contribution in [0.15, 0.2) is 12.2 Å². The maximum Gasteiger partial charge on any atom is 0.303 e. The smallest absolute Gasteiger partial charge is 0.303 e. The highest BCUT2D eigenvalue weighted by molar-refractivity contribution is 5.66. The first-order chi connectivity index (χ1) is 7.77. The first-order valence-corrected chi connectivity index (χ1v) is 6.12. The molecule has 0 aromatic rings. The van der Waals surface area contributed by atoms with E-state index < -0.39 is 5.97 Å². The van der Waals surface area contributed by atoms with Crippen molar-refractivity contribution >= 4 is 5.97 Å². The Morgan fingerprint density at radius 1 is 1.19 bits per heavy atom. The Kier molecular flexibility index (Phi) is 10.9. The van der Waals surface area contributed by atoms with Gasteiger partial charge >= 0.3 is 5.97 Å². The molecule has 0 atom stereocenters. The maximum absolute atomic E-state index is 10.2. The second-order valence-electron chi connectivity index (χ2n) is 3.78. The van der Waals surface area contributed by atoms with Gasteiger partial charge in [-0.3, -0.25) is 4.79 Å². The minimum absolute atomic E-state index is 0.312. The van der Waals surface area contributed by atoms with E-state index in [9.17, 15) is 4.79 Å². The van der Waals surface area contributed by atoms with Crippen molar-refractivity contribution in [2.45, 2.75) is 58.3 Å². The van der Waals surface area contributed by atoms with Crippen LogP contribution in [0.5, 0.6) is 0 Å². The van der Waals surface area contributed by atoms with Gasteiger partial charge in [0.15, 0.2) is 0 Å². The number of carboxylic acid groups (broad SMARTS) is 1. The van der Waals surface area contributed by atoms with Crippen molar-refractivity contribution in [3.63, 3.8) is 0 Å². The van der Waals surface area contributed by atoms with E-state index in [2.05, 4.69) is 17.9 Å². The summed E-state index contributed by atoms with van der Waals surface area (Å²) in [5.74, 6) is 5.27. The van der Waals surface area contributed by atoms with Crippen molar-refractivity contribution in [2.75, 3.05) is 0 Å². The van der Waals surface area contributed by atoms with E-state index in [-0.39, 0.29) is 0 Å². The zero-order valence-electron chi connectivity index (χ0n) is 10.2. The van der Waals surface area contributed by atoms with Gasteiger partial charge in [-0.15, -0.1) is 0 Å². The van der Waals surface area contributed by atoms with Gasteiger partial charge in [-0.1, -0.05) is 44.1 Å². The van der Waals surface area contributed by atoms with Crippen LogP contribution in [0.2, 0.25) is 0 Å². The van der Waals surface area contributed by atoms with E-state index in [1.165, 1.54) is 12.8 Å². The third-order valence-corrected chi connectivity index (χ3v) is 2.24. The van der Waals surface area contributed by atoms with Gasteiger partial charge < -0.3 is 5.11 Å². The van der Waals surface area contributed by atoms with E-state index in [0.29, 0.717) is 6.42 Å². The van der Waals surface area contributed by atoms with Gasteiger partial charge in [0.05, 0.1) is 0 Å². The summed E-state index contributed by atoms with van der Waals surface area (Å²) in [5, 5.41) is 8.43. The van der Waals surface area contributed by atoms with Crippen LogP contribution in [0.3, 0.4) is 0 Å². The quantitative estimate of drug-likeness (QED) is 0.501. The first-order valence-electron chi connectivity index (χ1n) is 6.12. The second kappa shape index (κ2) is 11.8. The lowest BCUT2D eigenvalue weighted by Gasteiger charge is -1.97. The van der Waals surface area contributed by atoms with Gasteiger partial charge in [0.1, 0.15) is 0 Å². The molecule has 0 aliphatic rings. The molecular formula is C14H22O2. The number of carbonyl (C=O) groups is 1. The van der Waals surface area contributed by atoms with E-state index in [1.807, 2.05) is 13.0 Å². The molecule has 2 nitrogen and oxygen atoms in total. The summed E-state index contributed by atoms with van der Waals surface area (Å²) in [6.07, 6.45) is 11.7. The molecule has 0 spiro atoms. The van der Waals surface area contributed by atoms with Crippen molar-refractivity contribution < 1.29 is 9.90 Å². The predicted octanol–water partition coefficient (Wildman–Crippen LogP) is 3.77. The number of carboxylic acids is 1. The second-order valence-corrected chi connectivity index (χ2v) is 3.78. The minimum Gasteiger partial charge on any atom is -0.481 e. The molecular weight excluding hydrogens is 200 g/mol. The molecule has 0 heterocycles. The first kappa shape index (κ1) is 14.8. The molecule has 0 unspecified atom stereocenters. The Bertz CT molecular complexity index is 256. The number of hydrogen-bond donors (Lipinski definition) is 1. The topological polar surface area (TPSA) is 37.3 Å². The Hall–Kier alpha value is -1.23. The monoisotopic (exact) mass is 222 g/mol. The van der Waals surface area contributed by atoms with Gasteiger partial charge in [-0.25, -0.2) is 0 Å². The standard InChI is InChI=1S/C14H22O2/c1-2-3-4-5-6-7-8-9-10-11-12-13-14(15)16/h5-6H,2,7-13H2,1H3,(H,15,16). The minimum atomic E-state index is -0.683. The molecule has 0 rings (SSSR count). The fraction of sp³-hybridized carbons (Fsp3) is 0.643. The largest absolute Gasteiger partial charge is 0.481 e. The predicted molar refractivity (Wildman–Crippen MR) is 67.2 cm³/mol. The van der Waals surface area contributed by atoms with Crippen LogP contribution in [0, 0.1) is 11.8 Å². The van der Waals surface area contributed by atoms with E-state index >= 15 is 0 Å². The third kappa shape index (κ3) is 12.8. The lowest BCUT2D eigenvalue weighted by Crippen LogP contribution is -1.93. The van der Waals surface area contributed by atoms with Gasteiger partial charge in [-0.05, 0) is 25.3 Å². The summed E-state index contributed by atoms with van der Waals surface area (Å²) in [5.41, 5.74) is 0. The molecule has 0 amide bonds. The van der Waals surface area contributed by atoms with Crippen molar-refractivity contribution in [1.29, 1.82) is 0 Å². The summed E-state index contributed by atoms with van der Waals surface area (Å²) in [6.45, 7) is 2.04. The maximum atomic E-state index is 10.2. The average Bonchev–Trinajstić information content (AvgIpc) is 2.25. The lowest BCUT2D eigenvalue weighted by atomic mass is 10.1. The molecule has 0 radical (unpaired) electrons. The fourth-order valence-corrected chi connectivity index (χ4v) is 1.37. The van der Waals surface area contributed by atoms with Crippen molar-refractivity contribution in [2.24, 2.45) is 0 Å². The van der Waals surface area contributed by atoms with Crippen molar-refractivity contribution in [1.82, 2.24) is 0 Å². The molecule has 0 aromatic heterocycles. The number of unbranched alkanes of at least 4 members (excludes halogenated alkanes) is 5. The molecule has 0 aliphatic carbocycles. The third-order valence-electron chi connectivity index (χ3n) is 2.24. The highest BCUT2D eigenvalue weighted by Crippen LogP contribution is 2.07. The van der Waals surface area contributed by atoms with E-state index in [4.69, 9.17) is 5.11 Å². The summed E-state index contributed by atoms with van der Waals surface area (Å²) in [7, 11) is 0. The Morgan fingerprint density at radius 3 is 2.56 bits per heavy atom. The van der Waals surface area contributed by atoms with Crippen LogP contribution >= 0.6 is 0 Å². The summed E-state index contributed by atoms with van der Waals surface area (Å²) in [6, 6.07) is 0. The normalized spacial score (nSPS) is 10.1. The average molecular weight is 222 g/mol. The van der Waals surface area contributed by atoms with E-state index in [0.717, 1.165) is 32.1 Å². The van der Waals surface area contributed by atoms with Crippen molar-refractivity contribution in [3.05, 3.63) is 12.2 Å². The molecule has 0 aromatic carbocycles. The fourth-order valence-electron chi connectivity index (χ4n) is 1.37. The Morgan fingerprint density at radius 2 is 1.88 bits per heavy atom. The zero-order valence-corrected chi connectivity index (χ0v) is 10.2. The molecule has 16 heavy (non-hydrogen) atoms. The highest BCUT2D eigenvalue weighted by Gasteiger charge is 1.95. The Labute approximate surface area is 98.7 Å². The van der Waals surface area contributed by atoms with Crippen LogP contribution in [-0.4, -0.2) is 11.1 Å². The molecule has 90 valence electrons. The number of allylic oxidation sites excluding steroid dienone is 2. The van der Waals surface area contributed by atoms with Crippen LogP contribution in [0.1, 0.15) is 58.3 Å². The van der Waals surface area contributed by atoms with Crippen LogP contribution in [0.4, 0.5) is 0 Å². The van der Waals surface area contributed by atoms with Crippen LogP contribution in [-0.2, 0) is 4.79 Å². The van der Waals surface area contributed by atoms with Gasteiger partial charge in [0.2, 0.25) is 0 Å². The van der Waals surface area contributed by atoms with Gasteiger partial charge in [-0.2, -0.15) is 0 Å². The molecule has 0 bridgehead atoms. The van der Waals surface area contributed by atoms with Crippen LogP contribution < -0.4 is 0 Å². The zero-order chi connectivity index (χ0) is 12.1. The van der Waals surface area contributed by atoms with Gasteiger partial charge in [0.25, 0.3) is 0 Å². The summed E-state index contributed by atoms with van der Waals surface area (Å²) < 4.78 is 0.